The normalized spacial score (nSPS) is 25.8. The van der Waals surface area contributed by atoms with Gasteiger partial charge in [0.15, 0.2) is 5.54 Å². The number of urea groups is 1. The molecule has 3 heterocycles. The molecule has 3 aliphatic heterocycles. The van der Waals surface area contributed by atoms with E-state index in [0.717, 1.165) is 32.5 Å². The molecule has 1 N–H and O–H groups in total. The van der Waals surface area contributed by atoms with Crippen LogP contribution in [0.3, 0.4) is 0 Å². The summed E-state index contributed by atoms with van der Waals surface area (Å²) in [5.74, 6) is 0.291. The Hall–Kier alpha value is -2.93. The smallest absolute Gasteiger partial charge is 0.325 e. The Morgan fingerprint density at radius 3 is 2.61 bits per heavy atom. The highest BCUT2D eigenvalue weighted by atomic mass is 19.1. The van der Waals surface area contributed by atoms with Gasteiger partial charge in [-0.25, -0.2) is 9.18 Å². The predicted molar refractivity (Wildman–Crippen MR) is 123 cm³/mol. The van der Waals surface area contributed by atoms with Crippen molar-refractivity contribution in [2.75, 3.05) is 26.2 Å². The first-order chi connectivity index (χ1) is 16.0. The second-order valence-corrected chi connectivity index (χ2v) is 9.45. The van der Waals surface area contributed by atoms with Gasteiger partial charge in [-0.3, -0.25) is 9.69 Å². The van der Waals surface area contributed by atoms with Crippen molar-refractivity contribution in [2.24, 2.45) is 0 Å². The van der Waals surface area contributed by atoms with Crippen LogP contribution in [0.4, 0.5) is 9.18 Å². The molecule has 174 valence electrons. The number of halogens is 1. The van der Waals surface area contributed by atoms with Crippen LogP contribution in [0.25, 0.3) is 0 Å². The van der Waals surface area contributed by atoms with E-state index in [4.69, 9.17) is 4.74 Å². The van der Waals surface area contributed by atoms with Gasteiger partial charge in [-0.15, -0.1) is 0 Å². The summed E-state index contributed by atoms with van der Waals surface area (Å²) in [6, 6.07) is 14.4. The molecule has 5 rings (SSSR count). The summed E-state index contributed by atoms with van der Waals surface area (Å²) in [6.45, 7) is 5.09. The van der Waals surface area contributed by atoms with Crippen LogP contribution in [0.15, 0.2) is 48.5 Å². The molecule has 2 unspecified atom stereocenters. The summed E-state index contributed by atoms with van der Waals surface area (Å²) in [4.78, 5) is 29.9. The number of piperidine rings is 1. The van der Waals surface area contributed by atoms with Gasteiger partial charge in [-0.1, -0.05) is 30.3 Å². The van der Waals surface area contributed by atoms with Crippen LogP contribution in [-0.4, -0.2) is 54.0 Å². The van der Waals surface area contributed by atoms with E-state index in [1.165, 1.54) is 28.7 Å². The third kappa shape index (κ3) is 4.10. The molecule has 2 fully saturated rings. The van der Waals surface area contributed by atoms with Crippen molar-refractivity contribution < 1.29 is 18.7 Å². The molecule has 2 aromatic carbocycles. The molecule has 0 radical (unpaired) electrons. The SMILES string of the molecule is CC1CC2(NC(=O)N(CCCN3CCC(c4ccccc4)CC3)C2=O)c2cc(F)ccc2O1. The number of carbonyl (C=O) groups excluding carboxylic acids is 2. The van der Waals surface area contributed by atoms with E-state index >= 15 is 0 Å². The fraction of sp³-hybridized carbons (Fsp3) is 0.462. The number of hydrogen-bond acceptors (Lipinski definition) is 4. The number of carbonyl (C=O) groups is 2. The van der Waals surface area contributed by atoms with Crippen LogP contribution >= 0.6 is 0 Å². The van der Waals surface area contributed by atoms with E-state index in [2.05, 4.69) is 40.5 Å². The number of ether oxygens (including phenoxy) is 1. The van der Waals surface area contributed by atoms with Crippen LogP contribution < -0.4 is 10.1 Å². The number of benzene rings is 2. The van der Waals surface area contributed by atoms with Crippen LogP contribution in [0.5, 0.6) is 5.75 Å². The molecule has 7 heteroatoms. The van der Waals surface area contributed by atoms with Gasteiger partial charge in [0.1, 0.15) is 11.6 Å². The Kier molecular flexibility index (Phi) is 5.83. The first-order valence-corrected chi connectivity index (χ1v) is 11.8. The third-order valence-electron chi connectivity index (χ3n) is 7.21. The summed E-state index contributed by atoms with van der Waals surface area (Å²) < 4.78 is 19.8. The number of likely N-dealkylation sites (tertiary alicyclic amines) is 1. The Labute approximate surface area is 193 Å². The van der Waals surface area contributed by atoms with Gasteiger partial charge >= 0.3 is 6.03 Å². The van der Waals surface area contributed by atoms with Crippen molar-refractivity contribution in [3.8, 4) is 5.75 Å². The second kappa shape index (κ2) is 8.78. The summed E-state index contributed by atoms with van der Waals surface area (Å²) in [7, 11) is 0. The van der Waals surface area contributed by atoms with Gasteiger partial charge in [-0.2, -0.15) is 0 Å². The zero-order valence-corrected chi connectivity index (χ0v) is 18.9. The number of nitrogens with one attached hydrogen (secondary N) is 1. The van der Waals surface area contributed by atoms with E-state index in [9.17, 15) is 14.0 Å². The van der Waals surface area contributed by atoms with Crippen LogP contribution in [-0.2, 0) is 10.3 Å². The Balaban J connectivity index is 1.20. The number of hydrogen-bond donors (Lipinski definition) is 1. The van der Waals surface area contributed by atoms with Crippen LogP contribution in [0.1, 0.15) is 49.7 Å². The maximum absolute atomic E-state index is 14.0. The fourth-order valence-electron chi connectivity index (χ4n) is 5.56. The van der Waals surface area contributed by atoms with Gasteiger partial charge in [-0.05, 0) is 75.5 Å². The summed E-state index contributed by atoms with van der Waals surface area (Å²) >= 11 is 0. The molecule has 0 saturated carbocycles. The van der Waals surface area contributed by atoms with Gasteiger partial charge in [0.2, 0.25) is 0 Å². The van der Waals surface area contributed by atoms with Crippen molar-refractivity contribution in [3.63, 3.8) is 0 Å². The lowest BCUT2D eigenvalue weighted by Crippen LogP contribution is -2.50. The second-order valence-electron chi connectivity index (χ2n) is 9.45. The molecule has 33 heavy (non-hydrogen) atoms. The van der Waals surface area contributed by atoms with Crippen molar-refractivity contribution >= 4 is 11.9 Å². The largest absolute Gasteiger partial charge is 0.490 e. The number of fused-ring (bicyclic) bond motifs is 2. The number of rotatable bonds is 5. The van der Waals surface area contributed by atoms with E-state index in [1.54, 1.807) is 0 Å². The van der Waals surface area contributed by atoms with Crippen molar-refractivity contribution in [3.05, 3.63) is 65.5 Å². The van der Waals surface area contributed by atoms with Crippen LogP contribution in [0, 0.1) is 5.82 Å². The van der Waals surface area contributed by atoms with Gasteiger partial charge in [0.25, 0.3) is 5.91 Å². The maximum atomic E-state index is 14.0. The fourth-order valence-corrected chi connectivity index (χ4v) is 5.56. The van der Waals surface area contributed by atoms with Crippen molar-refractivity contribution in [1.29, 1.82) is 0 Å². The maximum Gasteiger partial charge on any atom is 0.325 e. The highest BCUT2D eigenvalue weighted by molar-refractivity contribution is 6.08. The lowest BCUT2D eigenvalue weighted by molar-refractivity contribution is -0.133. The highest BCUT2D eigenvalue weighted by Crippen LogP contribution is 2.43. The standard InChI is InChI=1S/C26H30FN3O3/c1-18-17-26(22-16-21(27)8-9-23(22)33-18)24(31)30(25(32)28-26)13-5-12-29-14-10-20(11-15-29)19-6-3-2-4-7-19/h2-4,6-9,16,18,20H,5,10-15,17H2,1H3,(H,28,32). The molecule has 0 aliphatic carbocycles. The van der Waals surface area contributed by atoms with E-state index in [-0.39, 0.29) is 18.4 Å². The Morgan fingerprint density at radius 1 is 1.09 bits per heavy atom. The van der Waals surface area contributed by atoms with E-state index in [0.29, 0.717) is 30.2 Å². The molecule has 1 spiro atoms. The quantitative estimate of drug-likeness (QED) is 0.698. The molecule has 6 nitrogen and oxygen atoms in total. The number of imide groups is 1. The first-order valence-electron chi connectivity index (χ1n) is 11.8. The minimum Gasteiger partial charge on any atom is -0.490 e. The predicted octanol–water partition coefficient (Wildman–Crippen LogP) is 4.01. The molecule has 2 atom stereocenters. The topological polar surface area (TPSA) is 61.9 Å². The van der Waals surface area contributed by atoms with Crippen molar-refractivity contribution in [1.82, 2.24) is 15.1 Å². The minimum atomic E-state index is -1.25. The molecular formula is C26H30FN3O3. The Morgan fingerprint density at radius 2 is 1.85 bits per heavy atom. The van der Waals surface area contributed by atoms with Crippen molar-refractivity contribution in [2.45, 2.75) is 50.2 Å². The monoisotopic (exact) mass is 451 g/mol. The average molecular weight is 452 g/mol. The molecule has 0 aromatic heterocycles. The molecule has 2 saturated heterocycles. The number of nitrogens with zero attached hydrogens (tertiary/aromatic N) is 2. The average Bonchev–Trinajstić information content (AvgIpc) is 3.05. The Bertz CT molecular complexity index is 1040. The van der Waals surface area contributed by atoms with Crippen LogP contribution in [0.2, 0.25) is 0 Å². The lowest BCUT2D eigenvalue weighted by Gasteiger charge is -2.36. The zero-order chi connectivity index (χ0) is 23.0. The van der Waals surface area contributed by atoms with Gasteiger partial charge in [0.05, 0.1) is 6.10 Å². The molecular weight excluding hydrogens is 421 g/mol. The lowest BCUT2D eigenvalue weighted by atomic mass is 9.82. The first kappa shape index (κ1) is 21.9. The molecule has 2 aromatic rings. The van der Waals surface area contributed by atoms with Gasteiger partial charge in [0, 0.05) is 18.5 Å². The summed E-state index contributed by atoms with van der Waals surface area (Å²) in [6.07, 6.45) is 2.98. The van der Waals surface area contributed by atoms with E-state index in [1.807, 2.05) is 6.92 Å². The molecule has 0 bridgehead atoms. The van der Waals surface area contributed by atoms with E-state index < -0.39 is 17.4 Å². The minimum absolute atomic E-state index is 0.266. The molecule has 3 amide bonds. The third-order valence-corrected chi connectivity index (χ3v) is 7.21. The molecule has 3 aliphatic rings. The highest BCUT2D eigenvalue weighted by Gasteiger charge is 2.56. The summed E-state index contributed by atoms with van der Waals surface area (Å²) in [5, 5.41) is 2.87. The number of amides is 3. The zero-order valence-electron chi connectivity index (χ0n) is 18.9. The summed E-state index contributed by atoms with van der Waals surface area (Å²) in [5.41, 5.74) is 0.564. The van der Waals surface area contributed by atoms with Gasteiger partial charge < -0.3 is 15.0 Å².